The highest BCUT2D eigenvalue weighted by atomic mass is 16.4. The van der Waals surface area contributed by atoms with Crippen molar-refractivity contribution in [3.63, 3.8) is 0 Å². The number of aromatic amines is 1. The lowest BCUT2D eigenvalue weighted by Gasteiger charge is -2.16. The molecule has 3 rings (SSSR count). The predicted octanol–water partition coefficient (Wildman–Crippen LogP) is 1.27. The number of nitrogens with zero attached hydrogens (tertiary/aromatic N) is 2. The summed E-state index contributed by atoms with van der Waals surface area (Å²) in [5.74, 6) is -1.64. The van der Waals surface area contributed by atoms with Crippen LogP contribution in [0.15, 0.2) is 17.2 Å². The molecule has 3 N–H and O–H groups in total. The number of H-pyrrole nitrogens is 1. The normalized spacial score (nSPS) is 16.0. The molecule has 0 spiro atoms. The average Bonchev–Trinajstić information content (AvgIpc) is 2.86. The van der Waals surface area contributed by atoms with E-state index in [0.29, 0.717) is 0 Å². The first-order valence-electron chi connectivity index (χ1n) is 8.17. The predicted molar refractivity (Wildman–Crippen MR) is 86.2 cm³/mol. The molecule has 1 fully saturated rings. The molecular formula is C16H20N4O4. The van der Waals surface area contributed by atoms with Gasteiger partial charge in [-0.2, -0.15) is 0 Å². The van der Waals surface area contributed by atoms with Gasteiger partial charge in [-0.25, -0.2) is 9.50 Å². The zero-order valence-corrected chi connectivity index (χ0v) is 13.2. The molecule has 8 nitrogen and oxygen atoms in total. The number of carbonyl (C=O) groups excluding carboxylic acids is 1. The van der Waals surface area contributed by atoms with Crippen molar-refractivity contribution in [3.8, 4) is 0 Å². The molecule has 2 aromatic rings. The lowest BCUT2D eigenvalue weighted by atomic mass is 9.95. The van der Waals surface area contributed by atoms with Gasteiger partial charge in [-0.1, -0.05) is 25.7 Å². The molecule has 1 aliphatic rings. The molecule has 0 saturated heterocycles. The first kappa shape index (κ1) is 16.2. The first-order chi connectivity index (χ1) is 11.6. The van der Waals surface area contributed by atoms with Gasteiger partial charge in [0.2, 0.25) is 0 Å². The van der Waals surface area contributed by atoms with Crippen LogP contribution < -0.4 is 10.7 Å². The van der Waals surface area contributed by atoms with Crippen molar-refractivity contribution in [2.75, 3.05) is 6.54 Å². The van der Waals surface area contributed by atoms with Crippen molar-refractivity contribution in [3.05, 3.63) is 33.9 Å². The molecule has 0 unspecified atom stereocenters. The van der Waals surface area contributed by atoms with E-state index >= 15 is 0 Å². The quantitative estimate of drug-likeness (QED) is 0.729. The number of hydrogen-bond acceptors (Lipinski definition) is 4. The molecular weight excluding hydrogens is 312 g/mol. The van der Waals surface area contributed by atoms with E-state index < -0.39 is 23.9 Å². The van der Waals surface area contributed by atoms with Crippen molar-refractivity contribution >= 4 is 17.5 Å². The fraction of sp³-hybridized carbons (Fsp3) is 0.500. The Balaban J connectivity index is 2.01. The SMILES string of the molecule is O=C(O)CNC(=O)c1c(=O)cc(C2CCCCCC2)n2[nH]cnc12. The molecule has 8 heteroatoms. The minimum Gasteiger partial charge on any atom is -0.480 e. The van der Waals surface area contributed by atoms with Crippen LogP contribution in [0.5, 0.6) is 0 Å². The standard InChI is InChI=1S/C16H20N4O4/c21-12-7-11(10-5-3-1-2-4-6-10)20-15(18-9-19-20)14(12)16(24)17-8-13(22)23/h7,9-10H,1-6,8H2,(H,17,24)(H,18,19)(H,22,23). The zero-order valence-electron chi connectivity index (χ0n) is 13.2. The molecule has 0 bridgehead atoms. The van der Waals surface area contributed by atoms with Crippen molar-refractivity contribution in [2.45, 2.75) is 44.4 Å². The van der Waals surface area contributed by atoms with Gasteiger partial charge in [-0.05, 0) is 12.8 Å². The second-order valence-corrected chi connectivity index (χ2v) is 6.12. The Kier molecular flexibility index (Phi) is 4.64. The number of hydrogen-bond donors (Lipinski definition) is 3. The Hall–Kier alpha value is -2.64. The van der Waals surface area contributed by atoms with Crippen molar-refractivity contribution in [1.82, 2.24) is 19.9 Å². The van der Waals surface area contributed by atoms with E-state index in [9.17, 15) is 14.4 Å². The molecule has 24 heavy (non-hydrogen) atoms. The molecule has 1 aliphatic carbocycles. The minimum atomic E-state index is -1.17. The molecule has 0 aliphatic heterocycles. The van der Waals surface area contributed by atoms with Gasteiger partial charge in [-0.15, -0.1) is 0 Å². The highest BCUT2D eigenvalue weighted by molar-refractivity contribution is 6.00. The lowest BCUT2D eigenvalue weighted by Crippen LogP contribution is -2.33. The number of nitrogens with one attached hydrogen (secondary N) is 2. The molecule has 2 aromatic heterocycles. The smallest absolute Gasteiger partial charge is 0.322 e. The summed E-state index contributed by atoms with van der Waals surface area (Å²) in [6, 6.07) is 1.48. The van der Waals surface area contributed by atoms with Crippen LogP contribution in [-0.2, 0) is 4.79 Å². The fourth-order valence-corrected chi connectivity index (χ4v) is 3.35. The second-order valence-electron chi connectivity index (χ2n) is 6.12. The summed E-state index contributed by atoms with van der Waals surface area (Å²) in [6.07, 6.45) is 8.09. The summed E-state index contributed by atoms with van der Waals surface area (Å²) in [5, 5.41) is 13.9. The third-order valence-corrected chi connectivity index (χ3v) is 4.49. The first-order valence-corrected chi connectivity index (χ1v) is 8.17. The van der Waals surface area contributed by atoms with E-state index in [1.54, 1.807) is 4.52 Å². The number of carboxylic acids is 1. The lowest BCUT2D eigenvalue weighted by molar-refractivity contribution is -0.135. The van der Waals surface area contributed by atoms with Crippen LogP contribution in [0, 0.1) is 0 Å². The van der Waals surface area contributed by atoms with Crippen LogP contribution in [0.4, 0.5) is 0 Å². The highest BCUT2D eigenvalue weighted by Crippen LogP contribution is 2.31. The summed E-state index contributed by atoms with van der Waals surface area (Å²) in [4.78, 5) is 39.4. The van der Waals surface area contributed by atoms with Crippen LogP contribution in [-0.4, -0.2) is 38.1 Å². The van der Waals surface area contributed by atoms with E-state index in [2.05, 4.69) is 15.4 Å². The Morgan fingerprint density at radius 1 is 1.29 bits per heavy atom. The van der Waals surface area contributed by atoms with Crippen molar-refractivity contribution in [1.29, 1.82) is 0 Å². The van der Waals surface area contributed by atoms with Crippen LogP contribution in [0.3, 0.4) is 0 Å². The number of rotatable bonds is 4. The number of fused-ring (bicyclic) bond motifs is 1. The molecule has 0 radical (unpaired) electrons. The van der Waals surface area contributed by atoms with Gasteiger partial charge >= 0.3 is 5.97 Å². The Labute approximate surface area is 137 Å². The number of carboxylic acid groups (broad SMARTS) is 1. The molecule has 0 aromatic carbocycles. The fourth-order valence-electron chi connectivity index (χ4n) is 3.35. The Morgan fingerprint density at radius 3 is 2.67 bits per heavy atom. The maximum atomic E-state index is 12.5. The van der Waals surface area contributed by atoms with Gasteiger partial charge < -0.3 is 10.4 Å². The highest BCUT2D eigenvalue weighted by Gasteiger charge is 2.23. The summed E-state index contributed by atoms with van der Waals surface area (Å²) in [6.45, 7) is -0.542. The van der Waals surface area contributed by atoms with E-state index in [0.717, 1.165) is 31.4 Å². The van der Waals surface area contributed by atoms with Gasteiger partial charge in [0.1, 0.15) is 18.4 Å². The Bertz CT molecular complexity index is 815. The largest absolute Gasteiger partial charge is 0.480 e. The molecule has 128 valence electrons. The van der Waals surface area contributed by atoms with Crippen LogP contribution in [0.1, 0.15) is 60.5 Å². The van der Waals surface area contributed by atoms with Crippen molar-refractivity contribution < 1.29 is 14.7 Å². The van der Waals surface area contributed by atoms with Gasteiger partial charge in [0.25, 0.3) is 5.91 Å². The van der Waals surface area contributed by atoms with Gasteiger partial charge in [0.05, 0.1) is 0 Å². The number of pyridine rings is 1. The van der Waals surface area contributed by atoms with Gasteiger partial charge in [-0.3, -0.25) is 19.5 Å². The van der Waals surface area contributed by atoms with E-state index in [1.165, 1.54) is 25.2 Å². The number of amides is 1. The van der Waals surface area contributed by atoms with E-state index in [4.69, 9.17) is 5.11 Å². The Morgan fingerprint density at radius 2 is 2.00 bits per heavy atom. The third kappa shape index (κ3) is 3.17. The summed E-state index contributed by atoms with van der Waals surface area (Å²) >= 11 is 0. The van der Waals surface area contributed by atoms with Crippen molar-refractivity contribution in [2.24, 2.45) is 0 Å². The second kappa shape index (κ2) is 6.86. The molecule has 1 amide bonds. The number of aliphatic carboxylic acids is 1. The van der Waals surface area contributed by atoms with Gasteiger partial charge in [0.15, 0.2) is 11.1 Å². The average molecular weight is 332 g/mol. The molecule has 2 heterocycles. The summed E-state index contributed by atoms with van der Waals surface area (Å²) in [7, 11) is 0. The van der Waals surface area contributed by atoms with Crippen LogP contribution >= 0.6 is 0 Å². The summed E-state index contributed by atoms with van der Waals surface area (Å²) < 4.78 is 1.67. The maximum Gasteiger partial charge on any atom is 0.322 e. The van der Waals surface area contributed by atoms with Crippen LogP contribution in [0.25, 0.3) is 5.65 Å². The maximum absolute atomic E-state index is 12.5. The minimum absolute atomic E-state index is 0.130. The number of carbonyl (C=O) groups is 2. The van der Waals surface area contributed by atoms with E-state index in [1.807, 2.05) is 0 Å². The summed E-state index contributed by atoms with van der Waals surface area (Å²) in [5.41, 5.74) is 0.521. The monoisotopic (exact) mass is 332 g/mol. The third-order valence-electron chi connectivity index (χ3n) is 4.49. The molecule has 1 saturated carbocycles. The zero-order chi connectivity index (χ0) is 17.1. The van der Waals surface area contributed by atoms with Crippen LogP contribution in [0.2, 0.25) is 0 Å². The van der Waals surface area contributed by atoms with E-state index in [-0.39, 0.29) is 17.1 Å². The number of aromatic nitrogens is 3. The van der Waals surface area contributed by atoms with Gasteiger partial charge in [0, 0.05) is 17.7 Å². The molecule has 0 atom stereocenters. The topological polar surface area (TPSA) is 117 Å².